The fraction of sp³-hybridized carbons (Fsp3) is 0.562. The van der Waals surface area contributed by atoms with Gasteiger partial charge in [-0.3, -0.25) is 0 Å². The van der Waals surface area contributed by atoms with Crippen LogP contribution in [0.25, 0.3) is 0 Å². The summed E-state index contributed by atoms with van der Waals surface area (Å²) in [5, 5.41) is 6.32. The summed E-state index contributed by atoms with van der Waals surface area (Å²) in [4.78, 5) is 4.44. The number of benzene rings is 1. The van der Waals surface area contributed by atoms with Crippen LogP contribution >= 0.6 is 0 Å². The third kappa shape index (κ3) is 6.99. The van der Waals surface area contributed by atoms with Gasteiger partial charge in [0.2, 0.25) is 0 Å². The summed E-state index contributed by atoms with van der Waals surface area (Å²) < 4.78 is 39.5. The molecule has 0 amide bonds. The quantitative estimate of drug-likeness (QED) is 0.531. The molecule has 0 fully saturated rings. The van der Waals surface area contributed by atoms with Crippen LogP contribution in [0.4, 0.5) is 8.78 Å². The number of rotatable bonds is 9. The molecule has 24 heavy (non-hydrogen) atoms. The first-order valence-electron chi connectivity index (χ1n) is 7.65. The van der Waals surface area contributed by atoms with Crippen molar-refractivity contribution < 1.29 is 23.0 Å². The van der Waals surface area contributed by atoms with Crippen molar-refractivity contribution in [2.75, 3.05) is 27.4 Å². The minimum atomic E-state index is -2.91. The maximum absolute atomic E-state index is 12.5. The topological polar surface area (TPSA) is 64.1 Å². The van der Waals surface area contributed by atoms with Crippen molar-refractivity contribution in [3.8, 4) is 11.5 Å². The zero-order valence-electron chi connectivity index (χ0n) is 14.4. The Kier molecular flexibility index (Phi) is 8.85. The van der Waals surface area contributed by atoms with Crippen LogP contribution < -0.4 is 20.1 Å². The maximum atomic E-state index is 12.5. The van der Waals surface area contributed by atoms with Gasteiger partial charge in [0.05, 0.1) is 20.3 Å². The lowest BCUT2D eigenvalue weighted by Crippen LogP contribution is -2.43. The summed E-state index contributed by atoms with van der Waals surface area (Å²) in [6, 6.07) is 4.91. The number of halogens is 2. The molecule has 1 unspecified atom stereocenters. The van der Waals surface area contributed by atoms with Crippen LogP contribution in [0.2, 0.25) is 0 Å². The molecule has 8 heteroatoms. The minimum absolute atomic E-state index is 0.00842. The van der Waals surface area contributed by atoms with Crippen LogP contribution in [0.15, 0.2) is 23.2 Å². The van der Waals surface area contributed by atoms with Crippen LogP contribution in [0.3, 0.4) is 0 Å². The number of aliphatic imine (C=N–C) groups is 1. The van der Waals surface area contributed by atoms with E-state index in [4.69, 9.17) is 9.47 Å². The highest BCUT2D eigenvalue weighted by Crippen LogP contribution is 2.29. The van der Waals surface area contributed by atoms with Crippen molar-refractivity contribution in [3.05, 3.63) is 23.8 Å². The molecular weight excluding hydrogens is 320 g/mol. The van der Waals surface area contributed by atoms with Crippen LogP contribution in [0.1, 0.15) is 19.4 Å². The van der Waals surface area contributed by atoms with Crippen LogP contribution in [0.5, 0.6) is 11.5 Å². The van der Waals surface area contributed by atoms with Crippen molar-refractivity contribution >= 4 is 5.96 Å². The number of hydrogen-bond acceptors (Lipinski definition) is 4. The second kappa shape index (κ2) is 10.6. The molecule has 1 atom stereocenters. The predicted octanol–water partition coefficient (Wildman–Crippen LogP) is 2.39. The van der Waals surface area contributed by atoms with Crippen molar-refractivity contribution in [2.45, 2.75) is 33.0 Å². The molecule has 1 aromatic rings. The first kappa shape index (κ1) is 20.0. The molecule has 0 aliphatic carbocycles. The zero-order valence-corrected chi connectivity index (χ0v) is 14.4. The highest BCUT2D eigenvalue weighted by atomic mass is 19.3. The van der Waals surface area contributed by atoms with Crippen LogP contribution in [0, 0.1) is 0 Å². The fourth-order valence-corrected chi connectivity index (χ4v) is 2.02. The summed E-state index contributed by atoms with van der Waals surface area (Å²) in [6.45, 7) is 2.57. The SMILES string of the molecule is CCNC(=NCc1ccc(OC)c(OC(F)F)c1)NC(C)COC. The van der Waals surface area contributed by atoms with E-state index in [0.717, 1.165) is 5.56 Å². The molecule has 0 heterocycles. The average molecular weight is 345 g/mol. The second-order valence-corrected chi connectivity index (χ2v) is 5.06. The molecule has 0 bridgehead atoms. The van der Waals surface area contributed by atoms with Gasteiger partial charge < -0.3 is 24.8 Å². The fourth-order valence-electron chi connectivity index (χ4n) is 2.02. The number of guanidine groups is 1. The Balaban J connectivity index is 2.84. The molecule has 6 nitrogen and oxygen atoms in total. The smallest absolute Gasteiger partial charge is 0.387 e. The number of nitrogens with one attached hydrogen (secondary N) is 2. The van der Waals surface area contributed by atoms with Crippen molar-refractivity contribution in [3.63, 3.8) is 0 Å². The summed E-state index contributed by atoms with van der Waals surface area (Å²) >= 11 is 0. The lowest BCUT2D eigenvalue weighted by atomic mass is 10.2. The van der Waals surface area contributed by atoms with Crippen molar-refractivity contribution in [1.29, 1.82) is 0 Å². The van der Waals surface area contributed by atoms with Gasteiger partial charge in [-0.1, -0.05) is 6.07 Å². The Morgan fingerprint density at radius 2 is 2.00 bits per heavy atom. The first-order chi connectivity index (χ1) is 11.5. The van der Waals surface area contributed by atoms with Gasteiger partial charge in [-0.25, -0.2) is 4.99 Å². The number of nitrogens with zero attached hydrogens (tertiary/aromatic N) is 1. The maximum Gasteiger partial charge on any atom is 0.387 e. The van der Waals surface area contributed by atoms with Gasteiger partial charge >= 0.3 is 6.61 Å². The molecule has 1 rings (SSSR count). The Morgan fingerprint density at radius 3 is 2.58 bits per heavy atom. The largest absolute Gasteiger partial charge is 0.493 e. The van der Waals surface area contributed by atoms with Crippen LogP contribution in [-0.4, -0.2) is 46.0 Å². The third-order valence-electron chi connectivity index (χ3n) is 3.01. The lowest BCUT2D eigenvalue weighted by Gasteiger charge is -2.17. The number of ether oxygens (including phenoxy) is 3. The summed E-state index contributed by atoms with van der Waals surface area (Å²) in [6.07, 6.45) is 0. The number of alkyl halides is 2. The van der Waals surface area contributed by atoms with Crippen molar-refractivity contribution in [1.82, 2.24) is 10.6 Å². The van der Waals surface area contributed by atoms with E-state index in [-0.39, 0.29) is 17.5 Å². The Hall–Kier alpha value is -2.09. The van der Waals surface area contributed by atoms with Gasteiger partial charge in [-0.15, -0.1) is 0 Å². The van der Waals surface area contributed by atoms with E-state index in [1.807, 2.05) is 13.8 Å². The van der Waals surface area contributed by atoms with Crippen LogP contribution in [-0.2, 0) is 11.3 Å². The molecule has 0 aliphatic heterocycles. The van der Waals surface area contributed by atoms with E-state index in [1.165, 1.54) is 13.2 Å². The molecule has 0 aromatic heterocycles. The summed E-state index contributed by atoms with van der Waals surface area (Å²) in [5.74, 6) is 0.863. The lowest BCUT2D eigenvalue weighted by molar-refractivity contribution is -0.0512. The predicted molar refractivity (Wildman–Crippen MR) is 88.9 cm³/mol. The Morgan fingerprint density at radius 1 is 1.25 bits per heavy atom. The van der Waals surface area contributed by atoms with Gasteiger partial charge in [-0.2, -0.15) is 8.78 Å². The second-order valence-electron chi connectivity index (χ2n) is 5.06. The molecule has 0 saturated heterocycles. The highest BCUT2D eigenvalue weighted by molar-refractivity contribution is 5.80. The normalized spacial score (nSPS) is 12.9. The molecule has 0 spiro atoms. The molecule has 2 N–H and O–H groups in total. The number of methoxy groups -OCH3 is 2. The molecule has 1 aromatic carbocycles. The van der Waals surface area contributed by atoms with Crippen molar-refractivity contribution in [2.24, 2.45) is 4.99 Å². The van der Waals surface area contributed by atoms with Gasteiger partial charge in [0.15, 0.2) is 17.5 Å². The molecule has 0 aliphatic rings. The molecular formula is C16H25F2N3O3. The zero-order chi connectivity index (χ0) is 17.9. The van der Waals surface area contributed by atoms with Gasteiger partial charge in [0.1, 0.15) is 0 Å². The van der Waals surface area contributed by atoms with E-state index >= 15 is 0 Å². The van der Waals surface area contributed by atoms with E-state index in [2.05, 4.69) is 20.4 Å². The molecule has 0 radical (unpaired) electrons. The van der Waals surface area contributed by atoms with Gasteiger partial charge in [0.25, 0.3) is 0 Å². The highest BCUT2D eigenvalue weighted by Gasteiger charge is 2.11. The van der Waals surface area contributed by atoms with E-state index in [1.54, 1.807) is 19.2 Å². The minimum Gasteiger partial charge on any atom is -0.493 e. The summed E-state index contributed by atoms with van der Waals surface area (Å²) in [7, 11) is 3.03. The van der Waals surface area contributed by atoms with E-state index < -0.39 is 6.61 Å². The van der Waals surface area contributed by atoms with Gasteiger partial charge in [-0.05, 0) is 31.5 Å². The van der Waals surface area contributed by atoms with E-state index in [0.29, 0.717) is 25.7 Å². The Labute approximate surface area is 141 Å². The first-order valence-corrected chi connectivity index (χ1v) is 7.65. The molecule has 136 valence electrons. The van der Waals surface area contributed by atoms with Gasteiger partial charge in [0, 0.05) is 19.7 Å². The number of hydrogen-bond donors (Lipinski definition) is 2. The Bertz CT molecular complexity index is 527. The van der Waals surface area contributed by atoms with E-state index in [9.17, 15) is 8.78 Å². The third-order valence-corrected chi connectivity index (χ3v) is 3.01. The standard InChI is InChI=1S/C16H25F2N3O3/c1-5-19-16(21-11(2)10-22-3)20-9-12-6-7-13(23-4)14(8-12)24-15(17)18/h6-8,11,15H,5,9-10H2,1-4H3,(H2,19,20,21). The monoisotopic (exact) mass is 345 g/mol. The summed E-state index contributed by atoms with van der Waals surface area (Å²) in [5.41, 5.74) is 0.725. The molecule has 0 saturated carbocycles. The average Bonchev–Trinajstić information content (AvgIpc) is 2.52.